The van der Waals surface area contributed by atoms with Crippen LogP contribution in [0.3, 0.4) is 0 Å². The molecular formula is C31H26F2N4O. The normalized spacial score (nSPS) is 22.6. The third-order valence-corrected chi connectivity index (χ3v) is 8.37. The molecular weight excluding hydrogens is 482 g/mol. The summed E-state index contributed by atoms with van der Waals surface area (Å²) in [4.78, 5) is 14.5. The van der Waals surface area contributed by atoms with Gasteiger partial charge < -0.3 is 5.11 Å². The molecule has 2 aromatic carbocycles. The molecule has 0 unspecified atom stereocenters. The van der Waals surface area contributed by atoms with Crippen molar-refractivity contribution in [2.24, 2.45) is 11.8 Å². The number of pyridine rings is 1. The van der Waals surface area contributed by atoms with E-state index in [0.717, 1.165) is 23.1 Å². The van der Waals surface area contributed by atoms with Crippen LogP contribution in [0.1, 0.15) is 43.6 Å². The van der Waals surface area contributed by atoms with E-state index >= 15 is 4.39 Å². The Bertz CT molecular complexity index is 1670. The SMILES string of the molecule is C[C@H]1C(O)=C(C#N)C[C@@]2(C)c3nc(-c4cc(CF)nc5ccccc45)nc(-c4ccccc4F)c3CC[C@H]12. The highest BCUT2D eigenvalue weighted by atomic mass is 19.1. The highest BCUT2D eigenvalue weighted by Crippen LogP contribution is 2.54. The maximum Gasteiger partial charge on any atom is 0.160 e. The minimum atomic E-state index is -0.740. The number of alkyl halides is 1. The molecule has 38 heavy (non-hydrogen) atoms. The van der Waals surface area contributed by atoms with Gasteiger partial charge in [-0.2, -0.15) is 5.26 Å². The Hall–Kier alpha value is -4.18. The number of fused-ring (bicyclic) bond motifs is 4. The van der Waals surface area contributed by atoms with Crippen molar-refractivity contribution in [3.8, 4) is 28.7 Å². The van der Waals surface area contributed by atoms with Gasteiger partial charge in [-0.25, -0.2) is 23.7 Å². The smallest absolute Gasteiger partial charge is 0.160 e. The van der Waals surface area contributed by atoms with Crippen LogP contribution in [0.5, 0.6) is 0 Å². The zero-order chi connectivity index (χ0) is 26.6. The van der Waals surface area contributed by atoms with Crippen LogP contribution in [0.2, 0.25) is 0 Å². The maximum atomic E-state index is 15.2. The van der Waals surface area contributed by atoms with Crippen molar-refractivity contribution < 1.29 is 13.9 Å². The van der Waals surface area contributed by atoms with Crippen molar-refractivity contribution >= 4 is 10.9 Å². The lowest BCUT2D eigenvalue weighted by Crippen LogP contribution is -2.45. The Kier molecular flexibility index (Phi) is 5.71. The molecule has 0 saturated carbocycles. The standard InChI is InChI=1S/C31H26F2N4O/c1-17-24-12-11-22-27(21-8-3-5-9-25(21)33)36-30(37-29(22)31(24,2)14-18(16-34)28(17)38)23-13-19(15-32)35-26-10-6-4-7-20(23)26/h3-10,13,17,24,38H,11-12,14-15H2,1-2H3/t17-,24-,31-/m1/s1. The van der Waals surface area contributed by atoms with Crippen molar-refractivity contribution in [1.29, 1.82) is 5.26 Å². The summed E-state index contributed by atoms with van der Waals surface area (Å²) in [5.41, 5.74) is 3.79. The van der Waals surface area contributed by atoms with Crippen LogP contribution in [0.4, 0.5) is 8.78 Å². The van der Waals surface area contributed by atoms with Gasteiger partial charge in [0.2, 0.25) is 0 Å². The lowest BCUT2D eigenvalue weighted by molar-refractivity contribution is 0.136. The molecule has 0 aliphatic heterocycles. The number of aliphatic hydroxyl groups is 1. The van der Waals surface area contributed by atoms with E-state index in [1.807, 2.05) is 31.2 Å². The first-order valence-corrected chi connectivity index (χ1v) is 12.8. The molecule has 0 amide bonds. The predicted octanol–water partition coefficient (Wildman–Crippen LogP) is 7.16. The lowest BCUT2D eigenvalue weighted by Gasteiger charge is -2.48. The number of rotatable bonds is 3. The molecule has 4 aromatic rings. The van der Waals surface area contributed by atoms with E-state index in [4.69, 9.17) is 9.97 Å². The molecule has 0 bridgehead atoms. The Morgan fingerprint density at radius 2 is 1.84 bits per heavy atom. The molecule has 0 spiro atoms. The van der Waals surface area contributed by atoms with Gasteiger partial charge in [-0.15, -0.1) is 0 Å². The van der Waals surface area contributed by atoms with Crippen LogP contribution in [0, 0.1) is 29.0 Å². The van der Waals surface area contributed by atoms with Crippen molar-refractivity contribution in [1.82, 2.24) is 15.0 Å². The molecule has 6 rings (SSSR count). The van der Waals surface area contributed by atoms with Gasteiger partial charge in [0.05, 0.1) is 34.2 Å². The number of nitrogens with zero attached hydrogens (tertiary/aromatic N) is 4. The molecule has 190 valence electrons. The van der Waals surface area contributed by atoms with Gasteiger partial charge >= 0.3 is 0 Å². The topological polar surface area (TPSA) is 82.7 Å². The molecule has 0 radical (unpaired) electrons. The van der Waals surface area contributed by atoms with E-state index in [1.165, 1.54) is 6.07 Å². The molecule has 0 saturated heterocycles. The third-order valence-electron chi connectivity index (χ3n) is 8.37. The molecule has 1 N–H and O–H groups in total. The number of para-hydroxylation sites is 1. The second-order valence-corrected chi connectivity index (χ2v) is 10.5. The summed E-state index contributed by atoms with van der Waals surface area (Å²) in [5, 5.41) is 21.3. The molecule has 0 fully saturated rings. The van der Waals surface area contributed by atoms with Crippen LogP contribution in [-0.2, 0) is 18.5 Å². The summed E-state index contributed by atoms with van der Waals surface area (Å²) >= 11 is 0. The number of allylic oxidation sites excluding steroid dienone is 2. The van der Waals surface area contributed by atoms with Crippen LogP contribution >= 0.6 is 0 Å². The summed E-state index contributed by atoms with van der Waals surface area (Å²) in [6.07, 6.45) is 1.70. The second-order valence-electron chi connectivity index (χ2n) is 10.5. The molecule has 2 heterocycles. The van der Waals surface area contributed by atoms with E-state index < -0.39 is 12.1 Å². The second kappa shape index (κ2) is 8.98. The van der Waals surface area contributed by atoms with Gasteiger partial charge in [-0.1, -0.05) is 44.2 Å². The van der Waals surface area contributed by atoms with Crippen molar-refractivity contribution in [2.45, 2.75) is 45.2 Å². The number of nitriles is 1. The average Bonchev–Trinajstić information content (AvgIpc) is 2.94. The van der Waals surface area contributed by atoms with Crippen molar-refractivity contribution in [3.05, 3.63) is 88.7 Å². The van der Waals surface area contributed by atoms with Gasteiger partial charge in [-0.05, 0) is 49.4 Å². The van der Waals surface area contributed by atoms with E-state index in [2.05, 4.69) is 18.0 Å². The van der Waals surface area contributed by atoms with Crippen LogP contribution in [-0.4, -0.2) is 20.1 Å². The van der Waals surface area contributed by atoms with Gasteiger partial charge in [-0.3, -0.25) is 0 Å². The van der Waals surface area contributed by atoms with Crippen molar-refractivity contribution in [3.63, 3.8) is 0 Å². The molecule has 2 aromatic heterocycles. The van der Waals surface area contributed by atoms with Crippen molar-refractivity contribution in [2.75, 3.05) is 0 Å². The summed E-state index contributed by atoms with van der Waals surface area (Å²) < 4.78 is 29.1. The third kappa shape index (κ3) is 3.59. The summed E-state index contributed by atoms with van der Waals surface area (Å²) in [5.74, 6) is -0.0505. The average molecular weight is 509 g/mol. The van der Waals surface area contributed by atoms with Gasteiger partial charge in [0.1, 0.15) is 18.3 Å². The number of aliphatic hydroxyl groups excluding tert-OH is 1. The van der Waals surface area contributed by atoms with E-state index in [9.17, 15) is 14.8 Å². The fourth-order valence-electron chi connectivity index (χ4n) is 6.50. The van der Waals surface area contributed by atoms with Gasteiger partial charge in [0, 0.05) is 33.4 Å². The largest absolute Gasteiger partial charge is 0.511 e. The Balaban J connectivity index is 1.68. The van der Waals surface area contributed by atoms with E-state index in [-0.39, 0.29) is 29.1 Å². The minimum Gasteiger partial charge on any atom is -0.511 e. The lowest BCUT2D eigenvalue weighted by atomic mass is 9.56. The molecule has 3 atom stereocenters. The summed E-state index contributed by atoms with van der Waals surface area (Å²) in [7, 11) is 0. The van der Waals surface area contributed by atoms with Gasteiger partial charge in [0.25, 0.3) is 0 Å². The van der Waals surface area contributed by atoms with E-state index in [1.54, 1.807) is 24.3 Å². The summed E-state index contributed by atoms with van der Waals surface area (Å²) in [6, 6.07) is 17.8. The first-order chi connectivity index (χ1) is 18.4. The van der Waals surface area contributed by atoms with Crippen LogP contribution in [0.15, 0.2) is 65.9 Å². The maximum absolute atomic E-state index is 15.2. The first kappa shape index (κ1) is 24.2. The number of aromatic nitrogens is 3. The molecule has 7 heteroatoms. The zero-order valence-electron chi connectivity index (χ0n) is 21.2. The van der Waals surface area contributed by atoms with E-state index in [0.29, 0.717) is 46.6 Å². The van der Waals surface area contributed by atoms with Crippen LogP contribution in [0.25, 0.3) is 33.5 Å². The molecule has 5 nitrogen and oxygen atoms in total. The quantitative estimate of drug-likeness (QED) is 0.317. The zero-order valence-corrected chi connectivity index (χ0v) is 21.2. The van der Waals surface area contributed by atoms with Gasteiger partial charge in [0.15, 0.2) is 5.82 Å². The molecule has 2 aliphatic carbocycles. The fraction of sp³-hybridized carbons (Fsp3) is 0.290. The monoisotopic (exact) mass is 508 g/mol. The fourth-order valence-corrected chi connectivity index (χ4v) is 6.50. The number of hydrogen-bond acceptors (Lipinski definition) is 5. The first-order valence-electron chi connectivity index (χ1n) is 12.8. The minimum absolute atomic E-state index is 0.0407. The Morgan fingerprint density at radius 1 is 1.08 bits per heavy atom. The van der Waals surface area contributed by atoms with Crippen LogP contribution < -0.4 is 0 Å². The summed E-state index contributed by atoms with van der Waals surface area (Å²) in [6.45, 7) is 3.29. The highest BCUT2D eigenvalue weighted by molar-refractivity contribution is 5.93. The number of halogens is 2. The molecule has 2 aliphatic rings. The number of benzene rings is 2. The number of hydrogen-bond donors (Lipinski definition) is 1. The Morgan fingerprint density at radius 3 is 2.61 bits per heavy atom. The highest BCUT2D eigenvalue weighted by Gasteiger charge is 2.50. The predicted molar refractivity (Wildman–Crippen MR) is 141 cm³/mol. The Labute approximate surface area is 219 Å².